The molecule has 0 aromatic heterocycles. The molecule has 1 aliphatic rings. The molecular weight excluding hydrogens is 383 g/mol. The molecule has 0 spiro atoms. The molecule has 0 bridgehead atoms. The highest BCUT2D eigenvalue weighted by atomic mass is 35.5. The van der Waals surface area contributed by atoms with E-state index in [0.29, 0.717) is 23.1 Å². The second kappa shape index (κ2) is 9.98. The van der Waals surface area contributed by atoms with Crippen LogP contribution in [0.2, 0.25) is 10.0 Å². The van der Waals surface area contributed by atoms with Crippen molar-refractivity contribution in [1.29, 1.82) is 0 Å². The van der Waals surface area contributed by atoms with Crippen LogP contribution in [0.15, 0.2) is 42.5 Å². The topological polar surface area (TPSA) is 41.6 Å². The summed E-state index contributed by atoms with van der Waals surface area (Å²) in [6.45, 7) is 3.71. The first-order valence-corrected chi connectivity index (χ1v) is 10.0. The smallest absolute Gasteiger partial charge is 0.222 e. The van der Waals surface area contributed by atoms with Gasteiger partial charge >= 0.3 is 0 Å². The highest BCUT2D eigenvalue weighted by Gasteiger charge is 2.18. The molecule has 1 aliphatic heterocycles. The number of likely N-dealkylation sites (tertiary alicyclic amines) is 1. The molecule has 1 amide bonds. The first kappa shape index (κ1) is 20.0. The molecule has 1 N–H and O–H groups in total. The molecule has 0 saturated carbocycles. The molecule has 144 valence electrons. The minimum atomic E-state index is 0.287. The van der Waals surface area contributed by atoms with Crippen LogP contribution in [0.25, 0.3) is 0 Å². The number of ether oxygens (including phenoxy) is 1. The second-order valence-corrected chi connectivity index (χ2v) is 7.49. The maximum atomic E-state index is 11.6. The van der Waals surface area contributed by atoms with Gasteiger partial charge in [0.25, 0.3) is 0 Å². The average molecular weight is 407 g/mol. The van der Waals surface area contributed by atoms with Crippen molar-refractivity contribution in [1.82, 2.24) is 10.2 Å². The predicted octanol–water partition coefficient (Wildman–Crippen LogP) is 4.67. The van der Waals surface area contributed by atoms with Crippen LogP contribution in [0.5, 0.6) is 5.75 Å². The molecule has 2 aromatic rings. The Hall–Kier alpha value is -1.75. The van der Waals surface area contributed by atoms with Crippen molar-refractivity contribution in [3.8, 4) is 5.75 Å². The molecule has 3 rings (SSSR count). The number of rotatable bonds is 9. The highest BCUT2D eigenvalue weighted by Crippen LogP contribution is 2.24. The summed E-state index contributed by atoms with van der Waals surface area (Å²) >= 11 is 12.1. The number of nitrogens with one attached hydrogen (secondary N) is 1. The van der Waals surface area contributed by atoms with Crippen LogP contribution in [0.3, 0.4) is 0 Å². The van der Waals surface area contributed by atoms with Crippen LogP contribution in [0, 0.1) is 0 Å². The maximum absolute atomic E-state index is 11.6. The fraction of sp³-hybridized carbons (Fsp3) is 0.381. The lowest BCUT2D eigenvalue weighted by molar-refractivity contribution is -0.127. The van der Waals surface area contributed by atoms with Crippen molar-refractivity contribution >= 4 is 29.1 Å². The van der Waals surface area contributed by atoms with Gasteiger partial charge in [0, 0.05) is 47.2 Å². The number of benzene rings is 2. The third kappa shape index (κ3) is 5.86. The lowest BCUT2D eigenvalue weighted by atomic mass is 10.2. The van der Waals surface area contributed by atoms with E-state index in [4.69, 9.17) is 27.9 Å². The second-order valence-electron chi connectivity index (χ2n) is 6.65. The van der Waals surface area contributed by atoms with Crippen LogP contribution < -0.4 is 10.1 Å². The number of para-hydroxylation sites is 1. The van der Waals surface area contributed by atoms with E-state index in [9.17, 15) is 4.79 Å². The van der Waals surface area contributed by atoms with E-state index < -0.39 is 0 Å². The Labute approximate surface area is 170 Å². The van der Waals surface area contributed by atoms with Gasteiger partial charge in [-0.25, -0.2) is 0 Å². The van der Waals surface area contributed by atoms with Gasteiger partial charge in [-0.1, -0.05) is 47.5 Å². The van der Waals surface area contributed by atoms with Gasteiger partial charge in [0.1, 0.15) is 12.4 Å². The van der Waals surface area contributed by atoms with E-state index in [1.807, 2.05) is 35.2 Å². The summed E-state index contributed by atoms with van der Waals surface area (Å²) in [6.07, 6.45) is 2.65. The van der Waals surface area contributed by atoms with E-state index in [1.165, 1.54) is 0 Å². The number of nitrogens with zero attached hydrogens (tertiary/aromatic N) is 1. The number of hydrogen-bond donors (Lipinski definition) is 1. The zero-order valence-electron chi connectivity index (χ0n) is 15.2. The van der Waals surface area contributed by atoms with Crippen LogP contribution in [0.1, 0.15) is 30.4 Å². The lowest BCUT2D eigenvalue weighted by Gasteiger charge is -2.16. The summed E-state index contributed by atoms with van der Waals surface area (Å²) in [5.74, 6) is 1.13. The largest absolute Gasteiger partial charge is 0.489 e. The van der Waals surface area contributed by atoms with E-state index in [0.717, 1.165) is 55.9 Å². The minimum absolute atomic E-state index is 0.287. The molecule has 1 heterocycles. The van der Waals surface area contributed by atoms with Crippen molar-refractivity contribution in [2.45, 2.75) is 32.4 Å². The number of halogens is 2. The van der Waals surface area contributed by atoms with Gasteiger partial charge in [-0.2, -0.15) is 0 Å². The van der Waals surface area contributed by atoms with Crippen molar-refractivity contribution in [3.63, 3.8) is 0 Å². The first-order valence-electron chi connectivity index (χ1n) is 9.26. The van der Waals surface area contributed by atoms with E-state index >= 15 is 0 Å². The Morgan fingerprint density at radius 3 is 2.74 bits per heavy atom. The zero-order chi connectivity index (χ0) is 19.1. The zero-order valence-corrected chi connectivity index (χ0v) is 16.7. The maximum Gasteiger partial charge on any atom is 0.222 e. The fourth-order valence-electron chi connectivity index (χ4n) is 3.14. The Bertz CT molecular complexity index is 783. The molecule has 1 fully saturated rings. The van der Waals surface area contributed by atoms with Gasteiger partial charge < -0.3 is 15.0 Å². The third-order valence-electron chi connectivity index (χ3n) is 4.64. The Morgan fingerprint density at radius 2 is 1.96 bits per heavy atom. The number of carbonyl (C=O) groups is 1. The normalized spacial score (nSPS) is 14.0. The quantitative estimate of drug-likeness (QED) is 0.614. The van der Waals surface area contributed by atoms with Crippen molar-refractivity contribution < 1.29 is 9.53 Å². The molecule has 0 unspecified atom stereocenters. The van der Waals surface area contributed by atoms with Gasteiger partial charge in [0.2, 0.25) is 5.91 Å². The monoisotopic (exact) mass is 406 g/mol. The first-order chi connectivity index (χ1) is 13.1. The number of amides is 1. The van der Waals surface area contributed by atoms with Crippen LogP contribution in [-0.4, -0.2) is 30.4 Å². The van der Waals surface area contributed by atoms with E-state index in [2.05, 4.69) is 11.4 Å². The summed E-state index contributed by atoms with van der Waals surface area (Å²) < 4.78 is 5.98. The molecule has 6 heteroatoms. The number of hydrogen-bond acceptors (Lipinski definition) is 3. The molecule has 27 heavy (non-hydrogen) atoms. The standard InChI is InChI=1S/C21H24Cl2N2O2/c22-18-9-8-17(19(23)13-18)15-27-20-6-2-1-5-16(20)14-24-10-4-12-25-11-3-7-21(25)26/h1-2,5-6,8-9,13,24H,3-4,7,10-12,14-15H2. The predicted molar refractivity (Wildman–Crippen MR) is 109 cm³/mol. The Morgan fingerprint density at radius 1 is 1.11 bits per heavy atom. The molecule has 0 radical (unpaired) electrons. The highest BCUT2D eigenvalue weighted by molar-refractivity contribution is 6.35. The van der Waals surface area contributed by atoms with Gasteiger partial charge in [-0.15, -0.1) is 0 Å². The molecule has 0 aliphatic carbocycles. The summed E-state index contributed by atoms with van der Waals surface area (Å²) in [5, 5.41) is 4.66. The molecule has 2 aromatic carbocycles. The summed E-state index contributed by atoms with van der Waals surface area (Å²) in [5.41, 5.74) is 2.00. The van der Waals surface area contributed by atoms with Crippen molar-refractivity contribution in [3.05, 3.63) is 63.6 Å². The van der Waals surface area contributed by atoms with Gasteiger partial charge in [0.15, 0.2) is 0 Å². The fourth-order valence-corrected chi connectivity index (χ4v) is 3.61. The molecule has 1 saturated heterocycles. The molecule has 0 atom stereocenters. The SMILES string of the molecule is O=C1CCCN1CCCNCc1ccccc1OCc1ccc(Cl)cc1Cl. The number of carbonyl (C=O) groups excluding carboxylic acids is 1. The summed E-state index contributed by atoms with van der Waals surface area (Å²) in [4.78, 5) is 13.6. The van der Waals surface area contributed by atoms with Gasteiger partial charge in [0.05, 0.1) is 0 Å². The van der Waals surface area contributed by atoms with Crippen molar-refractivity contribution in [2.24, 2.45) is 0 Å². The third-order valence-corrected chi connectivity index (χ3v) is 5.23. The minimum Gasteiger partial charge on any atom is -0.489 e. The average Bonchev–Trinajstić information content (AvgIpc) is 3.06. The molecule has 4 nitrogen and oxygen atoms in total. The molecular formula is C21H24Cl2N2O2. The van der Waals surface area contributed by atoms with Gasteiger partial charge in [-0.3, -0.25) is 4.79 Å². The lowest BCUT2D eigenvalue weighted by Crippen LogP contribution is -2.28. The Balaban J connectivity index is 1.46. The van der Waals surface area contributed by atoms with E-state index in [-0.39, 0.29) is 5.91 Å². The van der Waals surface area contributed by atoms with Crippen LogP contribution in [-0.2, 0) is 17.9 Å². The van der Waals surface area contributed by atoms with Gasteiger partial charge in [-0.05, 0) is 37.6 Å². The van der Waals surface area contributed by atoms with Crippen LogP contribution >= 0.6 is 23.2 Å². The Kier molecular flexibility index (Phi) is 7.39. The van der Waals surface area contributed by atoms with E-state index in [1.54, 1.807) is 6.07 Å². The van der Waals surface area contributed by atoms with Crippen molar-refractivity contribution in [2.75, 3.05) is 19.6 Å². The summed E-state index contributed by atoms with van der Waals surface area (Å²) in [6, 6.07) is 13.4. The summed E-state index contributed by atoms with van der Waals surface area (Å²) in [7, 11) is 0. The van der Waals surface area contributed by atoms with Crippen LogP contribution in [0.4, 0.5) is 0 Å².